The molecule has 0 bridgehead atoms. The minimum absolute atomic E-state index is 0.0409. The summed E-state index contributed by atoms with van der Waals surface area (Å²) in [7, 11) is 3.27. The SMILES string of the molecule is COC[C@H](C)Oc1ccc2c(c1)C(c1cc(N3C[C@H](OC)[C@@H](O)C3)ncn1)=NC2. The average Bonchev–Trinajstić information content (AvgIpc) is 3.31. The fraction of sp³-hybridized carbons (Fsp3) is 0.476. The monoisotopic (exact) mass is 398 g/mol. The van der Waals surface area contributed by atoms with Crippen LogP contribution in [0.25, 0.3) is 0 Å². The van der Waals surface area contributed by atoms with Gasteiger partial charge in [0.2, 0.25) is 0 Å². The number of aliphatic hydroxyl groups excluding tert-OH is 1. The fourth-order valence-corrected chi connectivity index (χ4v) is 3.78. The van der Waals surface area contributed by atoms with Gasteiger partial charge in [0.1, 0.15) is 30.1 Å². The lowest BCUT2D eigenvalue weighted by Crippen LogP contribution is -2.25. The van der Waals surface area contributed by atoms with E-state index in [-0.39, 0.29) is 12.2 Å². The van der Waals surface area contributed by atoms with E-state index in [1.807, 2.05) is 36.1 Å². The molecule has 29 heavy (non-hydrogen) atoms. The molecule has 1 N–H and O–H groups in total. The van der Waals surface area contributed by atoms with Crippen LogP contribution in [0.2, 0.25) is 0 Å². The van der Waals surface area contributed by atoms with E-state index in [0.717, 1.165) is 34.1 Å². The van der Waals surface area contributed by atoms with Crippen molar-refractivity contribution < 1.29 is 19.3 Å². The molecule has 1 aromatic carbocycles. The molecule has 3 atom stereocenters. The molecule has 1 aromatic heterocycles. The van der Waals surface area contributed by atoms with Gasteiger partial charge >= 0.3 is 0 Å². The highest BCUT2D eigenvalue weighted by molar-refractivity contribution is 6.14. The molecule has 2 aliphatic heterocycles. The Labute approximate surface area is 170 Å². The van der Waals surface area contributed by atoms with E-state index in [1.54, 1.807) is 20.5 Å². The van der Waals surface area contributed by atoms with Crippen LogP contribution < -0.4 is 9.64 Å². The molecule has 0 spiro atoms. The number of ether oxygens (including phenoxy) is 3. The zero-order valence-corrected chi connectivity index (χ0v) is 16.9. The third-order valence-electron chi connectivity index (χ3n) is 5.24. The first-order valence-corrected chi connectivity index (χ1v) is 9.70. The molecule has 3 heterocycles. The van der Waals surface area contributed by atoms with Crippen molar-refractivity contribution in [2.24, 2.45) is 4.99 Å². The Morgan fingerprint density at radius 1 is 1.21 bits per heavy atom. The molecule has 2 aromatic rings. The van der Waals surface area contributed by atoms with Gasteiger partial charge in [0.15, 0.2) is 0 Å². The van der Waals surface area contributed by atoms with Gasteiger partial charge in [0.25, 0.3) is 0 Å². The highest BCUT2D eigenvalue weighted by atomic mass is 16.5. The second kappa shape index (κ2) is 8.44. The molecule has 1 saturated heterocycles. The van der Waals surface area contributed by atoms with Gasteiger partial charge in [-0.2, -0.15) is 0 Å². The van der Waals surface area contributed by atoms with Crippen molar-refractivity contribution in [1.82, 2.24) is 9.97 Å². The maximum Gasteiger partial charge on any atom is 0.132 e. The summed E-state index contributed by atoms with van der Waals surface area (Å²) >= 11 is 0. The van der Waals surface area contributed by atoms with Gasteiger partial charge in [-0.15, -0.1) is 0 Å². The molecule has 0 amide bonds. The molecule has 0 aliphatic carbocycles. The Kier molecular flexibility index (Phi) is 5.75. The maximum atomic E-state index is 10.1. The van der Waals surface area contributed by atoms with E-state index in [1.165, 1.54) is 0 Å². The van der Waals surface area contributed by atoms with Crippen LogP contribution in [0.1, 0.15) is 23.7 Å². The predicted molar refractivity (Wildman–Crippen MR) is 109 cm³/mol. The standard InChI is InChI=1S/C21H26N4O4/c1-13(11-27-2)29-15-5-4-14-8-22-21(16(14)6-15)17-7-20(24-12-23-17)25-9-18(26)19(10-25)28-3/h4-7,12-13,18-19,26H,8-11H2,1-3H3/t13-,18-,19-/m0/s1. The second-order valence-corrected chi connectivity index (χ2v) is 7.38. The Hall–Kier alpha value is -2.55. The van der Waals surface area contributed by atoms with Crippen LogP contribution in [0, 0.1) is 0 Å². The van der Waals surface area contributed by atoms with E-state index in [0.29, 0.717) is 26.2 Å². The van der Waals surface area contributed by atoms with E-state index < -0.39 is 6.10 Å². The number of hydrogen-bond donors (Lipinski definition) is 1. The molecular weight excluding hydrogens is 372 g/mol. The van der Waals surface area contributed by atoms with Gasteiger partial charge in [0.05, 0.1) is 30.7 Å². The summed E-state index contributed by atoms with van der Waals surface area (Å²) in [5, 5.41) is 10.1. The number of hydrogen-bond acceptors (Lipinski definition) is 8. The van der Waals surface area contributed by atoms with E-state index >= 15 is 0 Å². The highest BCUT2D eigenvalue weighted by Gasteiger charge is 2.32. The summed E-state index contributed by atoms with van der Waals surface area (Å²) in [4.78, 5) is 15.5. The van der Waals surface area contributed by atoms with Gasteiger partial charge in [0, 0.05) is 38.9 Å². The van der Waals surface area contributed by atoms with Crippen molar-refractivity contribution in [2.75, 3.05) is 38.8 Å². The van der Waals surface area contributed by atoms with Crippen molar-refractivity contribution in [3.8, 4) is 5.75 Å². The highest BCUT2D eigenvalue weighted by Crippen LogP contribution is 2.28. The molecule has 8 nitrogen and oxygen atoms in total. The third kappa shape index (κ3) is 4.10. The number of anilines is 1. The van der Waals surface area contributed by atoms with Crippen molar-refractivity contribution in [1.29, 1.82) is 0 Å². The first kappa shape index (κ1) is 19.8. The Balaban J connectivity index is 1.57. The fourth-order valence-electron chi connectivity index (χ4n) is 3.78. The number of aromatic nitrogens is 2. The minimum Gasteiger partial charge on any atom is -0.488 e. The molecule has 4 rings (SSSR count). The Morgan fingerprint density at radius 2 is 2.07 bits per heavy atom. The summed E-state index contributed by atoms with van der Waals surface area (Å²) in [5.41, 5.74) is 3.75. The molecule has 1 fully saturated rings. The summed E-state index contributed by atoms with van der Waals surface area (Å²) < 4.78 is 16.4. The number of methoxy groups -OCH3 is 2. The normalized spacial score (nSPS) is 21.8. The van der Waals surface area contributed by atoms with Crippen LogP contribution in [0.4, 0.5) is 5.82 Å². The number of fused-ring (bicyclic) bond motifs is 1. The molecule has 2 aliphatic rings. The topological polar surface area (TPSA) is 89.3 Å². The molecule has 0 radical (unpaired) electrons. The van der Waals surface area contributed by atoms with Gasteiger partial charge in [-0.3, -0.25) is 4.99 Å². The van der Waals surface area contributed by atoms with E-state index in [4.69, 9.17) is 19.2 Å². The van der Waals surface area contributed by atoms with Crippen LogP contribution in [0.5, 0.6) is 5.75 Å². The number of rotatable bonds is 7. The van der Waals surface area contributed by atoms with Gasteiger partial charge < -0.3 is 24.2 Å². The number of β-amino-alcohol motifs (C(OH)–C–C–N with tert-alkyl or cyclic N) is 1. The summed E-state index contributed by atoms with van der Waals surface area (Å²) in [6, 6.07) is 7.93. The second-order valence-electron chi connectivity index (χ2n) is 7.38. The first-order valence-electron chi connectivity index (χ1n) is 9.70. The summed E-state index contributed by atoms with van der Waals surface area (Å²) in [6.07, 6.45) is 0.753. The summed E-state index contributed by atoms with van der Waals surface area (Å²) in [6.45, 7) is 4.18. The van der Waals surface area contributed by atoms with Gasteiger partial charge in [-0.25, -0.2) is 9.97 Å². The van der Waals surface area contributed by atoms with Crippen molar-refractivity contribution in [3.63, 3.8) is 0 Å². The van der Waals surface area contributed by atoms with Crippen LogP contribution in [0.15, 0.2) is 35.6 Å². The molecular formula is C21H26N4O4. The van der Waals surface area contributed by atoms with Crippen molar-refractivity contribution in [2.45, 2.75) is 31.8 Å². The Morgan fingerprint density at radius 3 is 2.83 bits per heavy atom. The lowest BCUT2D eigenvalue weighted by Gasteiger charge is -2.17. The van der Waals surface area contributed by atoms with Crippen LogP contribution in [0.3, 0.4) is 0 Å². The van der Waals surface area contributed by atoms with Crippen LogP contribution in [-0.2, 0) is 16.0 Å². The van der Waals surface area contributed by atoms with Crippen LogP contribution in [-0.4, -0.2) is 73.0 Å². The largest absolute Gasteiger partial charge is 0.488 e. The number of nitrogens with zero attached hydrogens (tertiary/aromatic N) is 4. The van der Waals surface area contributed by atoms with Gasteiger partial charge in [-0.05, 0) is 24.6 Å². The number of aliphatic hydroxyl groups is 1. The third-order valence-corrected chi connectivity index (χ3v) is 5.24. The molecule has 0 saturated carbocycles. The lowest BCUT2D eigenvalue weighted by molar-refractivity contribution is 0.0217. The van der Waals surface area contributed by atoms with Crippen molar-refractivity contribution >= 4 is 11.5 Å². The summed E-state index contributed by atoms with van der Waals surface area (Å²) in [5.74, 6) is 1.54. The predicted octanol–water partition coefficient (Wildman–Crippen LogP) is 1.44. The smallest absolute Gasteiger partial charge is 0.132 e. The first-order chi connectivity index (χ1) is 14.1. The molecule has 0 unspecified atom stereocenters. The zero-order valence-electron chi connectivity index (χ0n) is 16.9. The molecule has 154 valence electrons. The van der Waals surface area contributed by atoms with Crippen LogP contribution >= 0.6 is 0 Å². The minimum atomic E-state index is -0.531. The number of aliphatic imine (C=N–C) groups is 1. The lowest BCUT2D eigenvalue weighted by atomic mass is 10.0. The maximum absolute atomic E-state index is 10.1. The molecule has 8 heteroatoms. The number of benzene rings is 1. The quantitative estimate of drug-likeness (QED) is 0.755. The zero-order chi connectivity index (χ0) is 20.4. The van der Waals surface area contributed by atoms with E-state index in [9.17, 15) is 5.11 Å². The van der Waals surface area contributed by atoms with E-state index in [2.05, 4.69) is 9.97 Å². The van der Waals surface area contributed by atoms with Gasteiger partial charge in [-0.1, -0.05) is 6.07 Å². The average molecular weight is 398 g/mol. The van der Waals surface area contributed by atoms with Crippen molar-refractivity contribution in [3.05, 3.63) is 47.4 Å². The Bertz CT molecular complexity index is 904.